The highest BCUT2D eigenvalue weighted by Gasteiger charge is 2.52. The van der Waals surface area contributed by atoms with Gasteiger partial charge in [-0.2, -0.15) is 0 Å². The van der Waals surface area contributed by atoms with Crippen molar-refractivity contribution in [2.45, 2.75) is 55.4 Å². The maximum atomic E-state index is 12.6. The molecule has 2 aliphatic carbocycles. The summed E-state index contributed by atoms with van der Waals surface area (Å²) in [6.07, 6.45) is 4.70. The van der Waals surface area contributed by atoms with Crippen LogP contribution in [-0.2, 0) is 26.7 Å². The van der Waals surface area contributed by atoms with E-state index in [2.05, 4.69) is 10.0 Å². The first-order chi connectivity index (χ1) is 12.9. The second-order valence-corrected chi connectivity index (χ2v) is 9.19. The number of hydrogen-bond donors (Lipinski definition) is 2. The van der Waals surface area contributed by atoms with Crippen molar-refractivity contribution in [3.8, 4) is 0 Å². The molecule has 142 valence electrons. The molecule has 2 saturated carbocycles. The number of amides is 1. The molecule has 2 N–H and O–H groups in total. The van der Waals surface area contributed by atoms with Crippen LogP contribution in [0.2, 0.25) is 0 Å². The third-order valence-corrected chi connectivity index (χ3v) is 6.83. The fourth-order valence-corrected chi connectivity index (χ4v) is 4.36. The van der Waals surface area contributed by atoms with Crippen LogP contribution in [0.15, 0.2) is 53.4 Å². The first-order valence-electron chi connectivity index (χ1n) is 9.46. The van der Waals surface area contributed by atoms with Crippen LogP contribution in [0.4, 0.5) is 5.69 Å². The van der Waals surface area contributed by atoms with Gasteiger partial charge in [-0.05, 0) is 67.5 Å². The van der Waals surface area contributed by atoms with Gasteiger partial charge in [0.05, 0.1) is 10.3 Å². The summed E-state index contributed by atoms with van der Waals surface area (Å²) in [5.41, 5.74) is 2.13. The molecule has 2 fully saturated rings. The van der Waals surface area contributed by atoms with Gasteiger partial charge >= 0.3 is 0 Å². The van der Waals surface area contributed by atoms with E-state index in [1.807, 2.05) is 31.2 Å². The van der Waals surface area contributed by atoms with Gasteiger partial charge < -0.3 is 5.32 Å². The summed E-state index contributed by atoms with van der Waals surface area (Å²) in [6.45, 7) is 2.03. The first-order valence-corrected chi connectivity index (χ1v) is 10.9. The van der Waals surface area contributed by atoms with Crippen LogP contribution in [0.1, 0.15) is 43.7 Å². The summed E-state index contributed by atoms with van der Waals surface area (Å²) >= 11 is 0. The van der Waals surface area contributed by atoms with E-state index in [4.69, 9.17) is 0 Å². The quantitative estimate of drug-likeness (QED) is 0.769. The molecule has 2 aromatic rings. The Morgan fingerprint density at radius 1 is 1.04 bits per heavy atom. The lowest BCUT2D eigenvalue weighted by Crippen LogP contribution is -2.36. The molecule has 27 heavy (non-hydrogen) atoms. The molecule has 0 spiro atoms. The summed E-state index contributed by atoms with van der Waals surface area (Å²) in [5.74, 6) is 0.106. The van der Waals surface area contributed by atoms with Crippen LogP contribution >= 0.6 is 0 Å². The summed E-state index contributed by atoms with van der Waals surface area (Å²) in [7, 11) is -3.62. The Hall–Kier alpha value is -2.34. The number of hydrogen-bond acceptors (Lipinski definition) is 3. The lowest BCUT2D eigenvalue weighted by atomic mass is 9.95. The number of carbonyl (C=O) groups is 1. The van der Waals surface area contributed by atoms with Crippen molar-refractivity contribution in [2.75, 3.05) is 4.72 Å². The highest BCUT2D eigenvalue weighted by Crippen LogP contribution is 2.49. The molecule has 0 aromatic heterocycles. The van der Waals surface area contributed by atoms with Crippen LogP contribution in [-0.4, -0.2) is 20.4 Å². The summed E-state index contributed by atoms with van der Waals surface area (Å²) < 4.78 is 27.7. The van der Waals surface area contributed by atoms with Gasteiger partial charge in [0.1, 0.15) is 0 Å². The molecule has 1 amide bonds. The summed E-state index contributed by atoms with van der Waals surface area (Å²) in [5, 5.41) is 3.09. The molecular formula is C21H24N2O3S. The zero-order valence-corrected chi connectivity index (χ0v) is 16.2. The van der Waals surface area contributed by atoms with Crippen LogP contribution < -0.4 is 10.0 Å². The maximum absolute atomic E-state index is 12.6. The van der Waals surface area contributed by atoms with Crippen molar-refractivity contribution in [1.29, 1.82) is 0 Å². The number of rotatable bonds is 7. The fraction of sp³-hybridized carbons (Fsp3) is 0.381. The second-order valence-electron chi connectivity index (χ2n) is 7.51. The van der Waals surface area contributed by atoms with Crippen LogP contribution in [0.25, 0.3) is 0 Å². The molecule has 0 unspecified atom stereocenters. The predicted molar refractivity (Wildman–Crippen MR) is 105 cm³/mol. The third kappa shape index (κ3) is 3.72. The summed E-state index contributed by atoms with van der Waals surface area (Å²) in [6, 6.07) is 14.4. The number of carbonyl (C=O) groups excluding carboxylic acids is 1. The smallest absolute Gasteiger partial charge is 0.261 e. The van der Waals surface area contributed by atoms with Gasteiger partial charge in [0.25, 0.3) is 10.0 Å². The Morgan fingerprint density at radius 2 is 1.67 bits per heavy atom. The lowest BCUT2D eigenvalue weighted by molar-refractivity contribution is -0.123. The van der Waals surface area contributed by atoms with E-state index < -0.39 is 15.4 Å². The van der Waals surface area contributed by atoms with Gasteiger partial charge in [0.15, 0.2) is 0 Å². The van der Waals surface area contributed by atoms with E-state index >= 15 is 0 Å². The highest BCUT2D eigenvalue weighted by atomic mass is 32.2. The minimum atomic E-state index is -3.62. The standard InChI is InChI=1S/C21H24N2O3S/c1-2-15-3-11-19(12-4-15)27(25,26)23-18-7-5-16(6-8-18)21(13-14-21)20(24)22-17-9-10-17/h3-8,11-12,17,23H,2,9-10,13-14H2,1H3,(H,22,24). The Morgan fingerprint density at radius 3 is 2.19 bits per heavy atom. The van der Waals surface area contributed by atoms with Crippen molar-refractivity contribution in [3.63, 3.8) is 0 Å². The molecular weight excluding hydrogens is 360 g/mol. The molecule has 0 radical (unpaired) electrons. The molecule has 2 aromatic carbocycles. The molecule has 2 aliphatic rings. The van der Waals surface area contributed by atoms with E-state index in [0.29, 0.717) is 11.7 Å². The average molecular weight is 385 g/mol. The Balaban J connectivity index is 1.48. The first kappa shape index (κ1) is 18.0. The van der Waals surface area contributed by atoms with Crippen LogP contribution in [0, 0.1) is 0 Å². The Kier molecular flexibility index (Phi) is 4.46. The van der Waals surface area contributed by atoms with Crippen molar-refractivity contribution in [3.05, 3.63) is 59.7 Å². The van der Waals surface area contributed by atoms with Gasteiger partial charge in [-0.25, -0.2) is 8.42 Å². The second kappa shape index (κ2) is 6.68. The normalized spacial score (nSPS) is 18.0. The van der Waals surface area contributed by atoms with E-state index in [9.17, 15) is 13.2 Å². The molecule has 0 aliphatic heterocycles. The number of sulfonamides is 1. The maximum Gasteiger partial charge on any atom is 0.261 e. The molecule has 0 bridgehead atoms. The largest absolute Gasteiger partial charge is 0.353 e. The fourth-order valence-electron chi connectivity index (χ4n) is 3.30. The van der Waals surface area contributed by atoms with Crippen LogP contribution in [0.5, 0.6) is 0 Å². The third-order valence-electron chi connectivity index (χ3n) is 5.43. The van der Waals surface area contributed by atoms with Gasteiger partial charge in [-0.3, -0.25) is 9.52 Å². The molecule has 0 saturated heterocycles. The van der Waals surface area contributed by atoms with E-state index in [-0.39, 0.29) is 10.8 Å². The van der Waals surface area contributed by atoms with Gasteiger partial charge in [-0.15, -0.1) is 0 Å². The SMILES string of the molecule is CCc1ccc(S(=O)(=O)Nc2ccc(C3(C(=O)NC4CC4)CC3)cc2)cc1. The lowest BCUT2D eigenvalue weighted by Gasteiger charge is -2.16. The van der Waals surface area contributed by atoms with Gasteiger partial charge in [0, 0.05) is 11.7 Å². The zero-order valence-electron chi connectivity index (χ0n) is 15.4. The monoisotopic (exact) mass is 384 g/mol. The van der Waals surface area contributed by atoms with E-state index in [1.54, 1.807) is 24.3 Å². The topological polar surface area (TPSA) is 75.3 Å². The number of nitrogens with one attached hydrogen (secondary N) is 2. The number of benzene rings is 2. The number of anilines is 1. The molecule has 5 nitrogen and oxygen atoms in total. The van der Waals surface area contributed by atoms with Crippen molar-refractivity contribution >= 4 is 21.6 Å². The highest BCUT2D eigenvalue weighted by molar-refractivity contribution is 7.92. The summed E-state index contributed by atoms with van der Waals surface area (Å²) in [4.78, 5) is 12.7. The Bertz CT molecular complexity index is 942. The van der Waals surface area contributed by atoms with Crippen molar-refractivity contribution < 1.29 is 13.2 Å². The predicted octanol–water partition coefficient (Wildman–Crippen LogP) is 3.36. The minimum Gasteiger partial charge on any atom is -0.353 e. The number of aryl methyl sites for hydroxylation is 1. The molecule has 6 heteroatoms. The minimum absolute atomic E-state index is 0.106. The van der Waals surface area contributed by atoms with Gasteiger partial charge in [-0.1, -0.05) is 31.2 Å². The average Bonchev–Trinajstić information content (AvgIpc) is 3.57. The van der Waals surface area contributed by atoms with Crippen molar-refractivity contribution in [1.82, 2.24) is 5.32 Å². The molecule has 0 heterocycles. The van der Waals surface area contributed by atoms with E-state index in [1.165, 1.54) is 0 Å². The molecule has 4 rings (SSSR count). The Labute approximate surface area is 160 Å². The van der Waals surface area contributed by atoms with Crippen LogP contribution in [0.3, 0.4) is 0 Å². The van der Waals surface area contributed by atoms with E-state index in [0.717, 1.165) is 43.2 Å². The molecule has 0 atom stereocenters. The van der Waals surface area contributed by atoms with Gasteiger partial charge in [0.2, 0.25) is 5.91 Å². The van der Waals surface area contributed by atoms with Crippen molar-refractivity contribution in [2.24, 2.45) is 0 Å². The zero-order chi connectivity index (χ0) is 19.1.